The minimum atomic E-state index is 0.0339. The number of hydrogen-bond acceptors (Lipinski definition) is 4. The van der Waals surface area contributed by atoms with Gasteiger partial charge < -0.3 is 10.2 Å². The highest BCUT2D eigenvalue weighted by molar-refractivity contribution is 5.95. The summed E-state index contributed by atoms with van der Waals surface area (Å²) < 4.78 is 1.79. The molecular weight excluding hydrogens is 338 g/mol. The zero-order chi connectivity index (χ0) is 19.0. The summed E-state index contributed by atoms with van der Waals surface area (Å²) in [4.78, 5) is 19.4. The lowest BCUT2D eigenvalue weighted by molar-refractivity contribution is -0.119. The van der Waals surface area contributed by atoms with Gasteiger partial charge in [-0.1, -0.05) is 12.1 Å². The molecule has 1 atom stereocenters. The third kappa shape index (κ3) is 3.71. The third-order valence-electron chi connectivity index (χ3n) is 5.33. The fraction of sp³-hybridized carbons (Fsp3) is 0.381. The second-order valence-electron chi connectivity index (χ2n) is 7.60. The second kappa shape index (κ2) is 7.12. The summed E-state index contributed by atoms with van der Waals surface area (Å²) in [5.74, 6) is 0.707. The molecule has 6 nitrogen and oxygen atoms in total. The van der Waals surface area contributed by atoms with Crippen LogP contribution in [0.5, 0.6) is 0 Å². The Labute approximate surface area is 159 Å². The molecule has 0 radical (unpaired) electrons. The van der Waals surface area contributed by atoms with E-state index in [2.05, 4.69) is 46.3 Å². The van der Waals surface area contributed by atoms with Gasteiger partial charge in [-0.2, -0.15) is 5.10 Å². The number of carbonyl (C=O) groups is 1. The number of aromatic nitrogens is 3. The maximum Gasteiger partial charge on any atom is 0.229 e. The summed E-state index contributed by atoms with van der Waals surface area (Å²) in [7, 11) is 1.91. The predicted octanol–water partition coefficient (Wildman–Crippen LogP) is 3.30. The van der Waals surface area contributed by atoms with Crippen molar-refractivity contribution in [2.24, 2.45) is 13.0 Å². The number of nitrogens with zero attached hydrogens (tertiary/aromatic N) is 4. The van der Waals surface area contributed by atoms with Gasteiger partial charge in [0.05, 0.1) is 12.1 Å². The van der Waals surface area contributed by atoms with Crippen LogP contribution in [0.4, 0.5) is 5.82 Å². The zero-order valence-electron chi connectivity index (χ0n) is 16.0. The quantitative estimate of drug-likeness (QED) is 0.772. The van der Waals surface area contributed by atoms with Crippen molar-refractivity contribution < 1.29 is 4.79 Å². The SMILES string of the molecule is CC(C)N1CC[C@H](C(=O)Nc2cc3cc(-c4cnn(C)c4)ccc3cn2)C1. The molecule has 0 saturated carbocycles. The molecular formula is C21H25N5O. The van der Waals surface area contributed by atoms with Crippen LogP contribution in [-0.4, -0.2) is 44.7 Å². The number of aryl methyl sites for hydroxylation is 1. The molecule has 0 unspecified atom stereocenters. The van der Waals surface area contributed by atoms with Crippen LogP contribution >= 0.6 is 0 Å². The van der Waals surface area contributed by atoms with Crippen molar-refractivity contribution in [1.29, 1.82) is 0 Å². The molecule has 3 heterocycles. The Kier molecular flexibility index (Phi) is 4.66. The molecule has 4 rings (SSSR count). The van der Waals surface area contributed by atoms with E-state index in [-0.39, 0.29) is 11.8 Å². The summed E-state index contributed by atoms with van der Waals surface area (Å²) in [6.07, 6.45) is 6.56. The lowest BCUT2D eigenvalue weighted by Gasteiger charge is -2.19. The fourth-order valence-corrected chi connectivity index (χ4v) is 3.66. The van der Waals surface area contributed by atoms with Gasteiger partial charge in [0.2, 0.25) is 5.91 Å². The molecule has 1 saturated heterocycles. The van der Waals surface area contributed by atoms with Gasteiger partial charge in [-0.05, 0) is 49.9 Å². The highest BCUT2D eigenvalue weighted by Crippen LogP contribution is 2.26. The standard InChI is InChI=1S/C21H25N5O/c1-14(2)26-7-6-17(13-26)21(27)24-20-9-18-8-15(4-5-16(18)10-22-20)19-11-23-25(3)12-19/h4-5,8-12,14,17H,6-7,13H2,1-3H3,(H,22,24,27)/t17-/m0/s1. The van der Waals surface area contributed by atoms with E-state index in [1.165, 1.54) is 0 Å². The van der Waals surface area contributed by atoms with Crippen molar-refractivity contribution in [3.63, 3.8) is 0 Å². The minimum absolute atomic E-state index is 0.0339. The topological polar surface area (TPSA) is 63.1 Å². The van der Waals surface area contributed by atoms with E-state index < -0.39 is 0 Å². The third-order valence-corrected chi connectivity index (χ3v) is 5.33. The lowest BCUT2D eigenvalue weighted by atomic mass is 10.0. The summed E-state index contributed by atoms with van der Waals surface area (Å²) in [6, 6.07) is 8.65. The average Bonchev–Trinajstić information content (AvgIpc) is 3.30. The van der Waals surface area contributed by atoms with Gasteiger partial charge in [-0.15, -0.1) is 0 Å². The first-order valence-electron chi connectivity index (χ1n) is 9.43. The summed E-state index contributed by atoms with van der Waals surface area (Å²) >= 11 is 0. The smallest absolute Gasteiger partial charge is 0.229 e. The predicted molar refractivity (Wildman–Crippen MR) is 107 cm³/mol. The summed E-state index contributed by atoms with van der Waals surface area (Å²) in [5, 5.41) is 9.34. The Morgan fingerprint density at radius 1 is 1.19 bits per heavy atom. The molecule has 0 aliphatic carbocycles. The Morgan fingerprint density at radius 3 is 2.74 bits per heavy atom. The van der Waals surface area contributed by atoms with Crippen LogP contribution in [0, 0.1) is 5.92 Å². The van der Waals surface area contributed by atoms with Crippen molar-refractivity contribution in [2.45, 2.75) is 26.3 Å². The molecule has 6 heteroatoms. The molecule has 1 aliphatic heterocycles. The molecule has 27 heavy (non-hydrogen) atoms. The van der Waals surface area contributed by atoms with Crippen LogP contribution in [0.3, 0.4) is 0 Å². The number of fused-ring (bicyclic) bond motifs is 1. The highest BCUT2D eigenvalue weighted by atomic mass is 16.2. The van der Waals surface area contributed by atoms with Crippen molar-refractivity contribution in [3.8, 4) is 11.1 Å². The van der Waals surface area contributed by atoms with Crippen molar-refractivity contribution in [3.05, 3.63) is 42.9 Å². The summed E-state index contributed by atoms with van der Waals surface area (Å²) in [5.41, 5.74) is 2.17. The maximum absolute atomic E-state index is 12.6. The van der Waals surface area contributed by atoms with E-state index in [1.807, 2.05) is 37.8 Å². The van der Waals surface area contributed by atoms with Crippen LogP contribution < -0.4 is 5.32 Å². The molecule has 2 aromatic heterocycles. The van der Waals surface area contributed by atoms with Gasteiger partial charge >= 0.3 is 0 Å². The number of rotatable bonds is 4. The number of likely N-dealkylation sites (tertiary alicyclic amines) is 1. The Bertz CT molecular complexity index is 978. The van der Waals surface area contributed by atoms with Crippen molar-refractivity contribution >= 4 is 22.5 Å². The van der Waals surface area contributed by atoms with E-state index in [4.69, 9.17) is 0 Å². The number of amides is 1. The largest absolute Gasteiger partial charge is 0.310 e. The maximum atomic E-state index is 12.6. The number of hydrogen-bond donors (Lipinski definition) is 1. The Hall–Kier alpha value is -2.73. The fourth-order valence-electron chi connectivity index (χ4n) is 3.66. The first-order valence-corrected chi connectivity index (χ1v) is 9.43. The summed E-state index contributed by atoms with van der Waals surface area (Å²) in [6.45, 7) is 6.15. The molecule has 0 spiro atoms. The van der Waals surface area contributed by atoms with Gasteiger partial charge in [0.15, 0.2) is 0 Å². The number of pyridine rings is 1. The van der Waals surface area contributed by atoms with Crippen LogP contribution in [-0.2, 0) is 11.8 Å². The zero-order valence-corrected chi connectivity index (χ0v) is 16.0. The first-order chi connectivity index (χ1) is 13.0. The van der Waals surface area contributed by atoms with E-state index in [9.17, 15) is 4.79 Å². The highest BCUT2D eigenvalue weighted by Gasteiger charge is 2.29. The minimum Gasteiger partial charge on any atom is -0.310 e. The van der Waals surface area contributed by atoms with Crippen LogP contribution in [0.1, 0.15) is 20.3 Å². The van der Waals surface area contributed by atoms with Gasteiger partial charge in [-0.3, -0.25) is 9.48 Å². The molecule has 1 aliphatic rings. The number of anilines is 1. The number of benzene rings is 1. The second-order valence-corrected chi connectivity index (χ2v) is 7.60. The van der Waals surface area contributed by atoms with Gasteiger partial charge in [0.25, 0.3) is 0 Å². The molecule has 140 valence electrons. The number of nitrogens with one attached hydrogen (secondary N) is 1. The van der Waals surface area contributed by atoms with Gasteiger partial charge in [-0.25, -0.2) is 4.98 Å². The molecule has 1 N–H and O–H groups in total. The molecule has 1 aromatic carbocycles. The van der Waals surface area contributed by atoms with Crippen LogP contribution in [0.25, 0.3) is 21.9 Å². The Balaban J connectivity index is 1.53. The van der Waals surface area contributed by atoms with Crippen LogP contribution in [0.15, 0.2) is 42.9 Å². The van der Waals surface area contributed by atoms with E-state index in [0.717, 1.165) is 41.4 Å². The van der Waals surface area contributed by atoms with E-state index >= 15 is 0 Å². The van der Waals surface area contributed by atoms with Crippen molar-refractivity contribution in [1.82, 2.24) is 19.7 Å². The van der Waals surface area contributed by atoms with Gasteiger partial charge in [0.1, 0.15) is 5.82 Å². The molecule has 1 amide bonds. The lowest BCUT2D eigenvalue weighted by Crippen LogP contribution is -2.31. The Morgan fingerprint density at radius 2 is 2.04 bits per heavy atom. The van der Waals surface area contributed by atoms with Gasteiger partial charge in [0, 0.05) is 43.0 Å². The number of carbonyl (C=O) groups excluding carboxylic acids is 1. The first kappa shape index (κ1) is 17.7. The molecule has 3 aromatic rings. The van der Waals surface area contributed by atoms with Crippen LogP contribution in [0.2, 0.25) is 0 Å². The van der Waals surface area contributed by atoms with E-state index in [1.54, 1.807) is 4.68 Å². The molecule has 1 fully saturated rings. The normalized spacial score (nSPS) is 17.7. The van der Waals surface area contributed by atoms with E-state index in [0.29, 0.717) is 11.9 Å². The molecule has 0 bridgehead atoms. The average molecular weight is 363 g/mol. The van der Waals surface area contributed by atoms with Crippen molar-refractivity contribution in [2.75, 3.05) is 18.4 Å². The monoisotopic (exact) mass is 363 g/mol.